The summed E-state index contributed by atoms with van der Waals surface area (Å²) in [6.45, 7) is 0. The van der Waals surface area contributed by atoms with Gasteiger partial charge in [-0.2, -0.15) is 0 Å². The quantitative estimate of drug-likeness (QED) is 0.169. The zero-order chi connectivity index (χ0) is 37.0. The summed E-state index contributed by atoms with van der Waals surface area (Å²) in [6, 6.07) is 59.8. The van der Waals surface area contributed by atoms with Gasteiger partial charge in [0.2, 0.25) is 0 Å². The number of aromatic nitrogens is 5. The zero-order valence-electron chi connectivity index (χ0n) is 29.8. The van der Waals surface area contributed by atoms with Crippen LogP contribution in [0.15, 0.2) is 180 Å². The number of furan rings is 1. The van der Waals surface area contributed by atoms with Gasteiger partial charge in [0.05, 0.1) is 21.5 Å². The van der Waals surface area contributed by atoms with E-state index in [4.69, 9.17) is 29.3 Å². The van der Waals surface area contributed by atoms with Crippen molar-refractivity contribution in [3.05, 3.63) is 176 Å². The molecule has 0 bridgehead atoms. The second kappa shape index (κ2) is 13.2. The van der Waals surface area contributed by atoms with Gasteiger partial charge in [0.15, 0.2) is 23.3 Å². The number of hydrogen-bond donors (Lipinski definition) is 0. The molecule has 0 radical (unpaired) electrons. The van der Waals surface area contributed by atoms with Gasteiger partial charge in [0.25, 0.3) is 0 Å². The molecule has 4 heterocycles. The van der Waals surface area contributed by atoms with Gasteiger partial charge in [-0.25, -0.2) is 24.9 Å². The molecule has 0 saturated heterocycles. The van der Waals surface area contributed by atoms with Gasteiger partial charge in [-0.15, -0.1) is 11.3 Å². The first-order chi connectivity index (χ1) is 27.7. The van der Waals surface area contributed by atoms with Gasteiger partial charge < -0.3 is 4.42 Å². The molecule has 7 aromatic carbocycles. The third-order valence-corrected chi connectivity index (χ3v) is 11.3. The first-order valence-corrected chi connectivity index (χ1v) is 19.2. The van der Waals surface area contributed by atoms with Crippen LogP contribution in [-0.4, -0.2) is 24.9 Å². The number of thiophene rings is 1. The molecule has 7 heteroatoms. The fourth-order valence-electron chi connectivity index (χ4n) is 7.44. The minimum absolute atomic E-state index is 0.581. The number of hydrogen-bond acceptors (Lipinski definition) is 7. The lowest BCUT2D eigenvalue weighted by Crippen LogP contribution is -2.00. The van der Waals surface area contributed by atoms with Gasteiger partial charge >= 0.3 is 0 Å². The maximum absolute atomic E-state index is 6.67. The molecule has 0 N–H and O–H groups in total. The van der Waals surface area contributed by atoms with Crippen molar-refractivity contribution in [1.29, 1.82) is 0 Å². The van der Waals surface area contributed by atoms with Crippen LogP contribution in [-0.2, 0) is 0 Å². The monoisotopic (exact) mass is 735 g/mol. The van der Waals surface area contributed by atoms with E-state index in [0.29, 0.717) is 23.3 Å². The van der Waals surface area contributed by atoms with Crippen molar-refractivity contribution in [2.24, 2.45) is 0 Å². The predicted molar refractivity (Wildman–Crippen MR) is 228 cm³/mol. The number of fused-ring (bicyclic) bond motifs is 6. The standard InChI is InChI=1S/C49H29N5OS/c1-4-14-30(15-5-1)33-20-12-21-34(28-33)47-52-46(32-18-8-3-9-19-32)53-48(54-47)35-26-27-40-39(29-35)36-23-13-24-38(44(36)55-40)49-50-42(31-16-6-2-7-17-31)45-43(51-49)37-22-10-11-25-41(37)56-45/h1-29H. The Morgan fingerprint density at radius 1 is 0.375 bits per heavy atom. The van der Waals surface area contributed by atoms with Gasteiger partial charge in [-0.1, -0.05) is 140 Å². The molecule has 6 nitrogen and oxygen atoms in total. The Bertz CT molecular complexity index is 3250. The zero-order valence-corrected chi connectivity index (χ0v) is 30.6. The van der Waals surface area contributed by atoms with E-state index < -0.39 is 0 Å². The van der Waals surface area contributed by atoms with Crippen LogP contribution in [0, 0.1) is 0 Å². The molecule has 262 valence electrons. The first kappa shape index (κ1) is 32.1. The summed E-state index contributed by atoms with van der Waals surface area (Å²) in [5.41, 5.74) is 10.2. The third-order valence-electron chi connectivity index (χ3n) is 10.2. The number of nitrogens with zero attached hydrogens (tertiary/aromatic N) is 5. The average molecular weight is 736 g/mol. The van der Waals surface area contributed by atoms with Gasteiger partial charge in [-0.05, 0) is 47.5 Å². The lowest BCUT2D eigenvalue weighted by atomic mass is 10.0. The third kappa shape index (κ3) is 5.52. The molecule has 0 saturated carbocycles. The van der Waals surface area contributed by atoms with Crippen LogP contribution in [0.25, 0.3) is 110 Å². The molecule has 0 aliphatic carbocycles. The first-order valence-electron chi connectivity index (χ1n) is 18.4. The predicted octanol–water partition coefficient (Wildman–Crippen LogP) is 12.9. The highest BCUT2D eigenvalue weighted by Gasteiger charge is 2.21. The SMILES string of the molecule is c1ccc(-c2cccc(-c3nc(-c4ccccc4)nc(-c4ccc5oc6c(-c7nc(-c8ccccc8)c8sc9ccccc9c8n7)cccc6c5c4)n3)c2)cc1. The van der Waals surface area contributed by atoms with Crippen molar-refractivity contribution in [3.8, 4) is 67.9 Å². The molecule has 0 spiro atoms. The van der Waals surface area contributed by atoms with Crippen molar-refractivity contribution < 1.29 is 4.42 Å². The van der Waals surface area contributed by atoms with E-state index in [-0.39, 0.29) is 0 Å². The maximum atomic E-state index is 6.67. The van der Waals surface area contributed by atoms with Crippen molar-refractivity contribution in [1.82, 2.24) is 24.9 Å². The minimum atomic E-state index is 0.581. The Kier molecular flexibility index (Phi) is 7.57. The van der Waals surface area contributed by atoms with E-state index in [0.717, 1.165) is 82.2 Å². The summed E-state index contributed by atoms with van der Waals surface area (Å²) >= 11 is 1.73. The van der Waals surface area contributed by atoms with Crippen molar-refractivity contribution in [2.75, 3.05) is 0 Å². The Morgan fingerprint density at radius 3 is 1.73 bits per heavy atom. The van der Waals surface area contributed by atoms with Crippen molar-refractivity contribution in [2.45, 2.75) is 0 Å². The molecule has 11 aromatic rings. The van der Waals surface area contributed by atoms with Crippen LogP contribution in [0.1, 0.15) is 0 Å². The Hall–Kier alpha value is -7.35. The molecular formula is C49H29N5OS. The topological polar surface area (TPSA) is 77.6 Å². The maximum Gasteiger partial charge on any atom is 0.164 e. The summed E-state index contributed by atoms with van der Waals surface area (Å²) in [6.07, 6.45) is 0. The summed E-state index contributed by atoms with van der Waals surface area (Å²) < 4.78 is 8.92. The molecule has 0 atom stereocenters. The van der Waals surface area contributed by atoms with Crippen LogP contribution in [0.4, 0.5) is 0 Å². The molecule has 0 unspecified atom stereocenters. The molecule has 56 heavy (non-hydrogen) atoms. The number of benzene rings is 7. The summed E-state index contributed by atoms with van der Waals surface area (Å²) in [5.74, 6) is 2.42. The Balaban J connectivity index is 1.07. The molecule has 0 aliphatic rings. The van der Waals surface area contributed by atoms with Crippen LogP contribution in [0.2, 0.25) is 0 Å². The van der Waals surface area contributed by atoms with E-state index >= 15 is 0 Å². The van der Waals surface area contributed by atoms with Crippen LogP contribution < -0.4 is 0 Å². The highest BCUT2D eigenvalue weighted by molar-refractivity contribution is 7.26. The second-order valence-electron chi connectivity index (χ2n) is 13.7. The summed E-state index contributed by atoms with van der Waals surface area (Å²) in [4.78, 5) is 25.6. The van der Waals surface area contributed by atoms with Gasteiger partial charge in [-0.3, -0.25) is 0 Å². The van der Waals surface area contributed by atoms with E-state index in [9.17, 15) is 0 Å². The average Bonchev–Trinajstić information content (AvgIpc) is 3.85. The van der Waals surface area contributed by atoms with E-state index in [1.54, 1.807) is 11.3 Å². The van der Waals surface area contributed by atoms with E-state index in [1.165, 1.54) is 4.70 Å². The molecule has 0 amide bonds. The molecule has 0 fully saturated rings. The summed E-state index contributed by atoms with van der Waals surface area (Å²) in [5, 5.41) is 3.04. The van der Waals surface area contributed by atoms with Gasteiger partial charge in [0.1, 0.15) is 11.2 Å². The lowest BCUT2D eigenvalue weighted by molar-refractivity contribution is 0.669. The lowest BCUT2D eigenvalue weighted by Gasteiger charge is -2.10. The Morgan fingerprint density at radius 2 is 0.964 bits per heavy atom. The molecule has 4 aromatic heterocycles. The molecule has 11 rings (SSSR count). The van der Waals surface area contributed by atoms with Crippen LogP contribution in [0.3, 0.4) is 0 Å². The molecular weight excluding hydrogens is 707 g/mol. The largest absolute Gasteiger partial charge is 0.455 e. The Labute approximate surface area is 325 Å². The smallest absolute Gasteiger partial charge is 0.164 e. The second-order valence-corrected chi connectivity index (χ2v) is 14.7. The fourth-order valence-corrected chi connectivity index (χ4v) is 8.59. The van der Waals surface area contributed by atoms with Gasteiger partial charge in [0, 0.05) is 43.1 Å². The number of rotatable bonds is 6. The van der Waals surface area contributed by atoms with E-state index in [1.807, 2.05) is 84.9 Å². The summed E-state index contributed by atoms with van der Waals surface area (Å²) in [7, 11) is 0. The highest BCUT2D eigenvalue weighted by Crippen LogP contribution is 2.42. The highest BCUT2D eigenvalue weighted by atomic mass is 32.1. The van der Waals surface area contributed by atoms with Crippen LogP contribution in [0.5, 0.6) is 0 Å². The number of para-hydroxylation sites is 1. The molecule has 0 aliphatic heterocycles. The van der Waals surface area contributed by atoms with Crippen molar-refractivity contribution in [3.63, 3.8) is 0 Å². The van der Waals surface area contributed by atoms with E-state index in [2.05, 4.69) is 91.0 Å². The minimum Gasteiger partial charge on any atom is -0.455 e. The normalized spacial score (nSPS) is 11.6. The van der Waals surface area contributed by atoms with Crippen molar-refractivity contribution >= 4 is 53.6 Å². The van der Waals surface area contributed by atoms with Crippen LogP contribution >= 0.6 is 11.3 Å². The fraction of sp³-hybridized carbons (Fsp3) is 0.